The second-order valence-corrected chi connectivity index (χ2v) is 8.56. The van der Waals surface area contributed by atoms with Crippen LogP contribution in [0, 0.1) is 5.82 Å². The first-order valence-electron chi connectivity index (χ1n) is 9.19. The third-order valence-corrected chi connectivity index (χ3v) is 6.42. The van der Waals surface area contributed by atoms with E-state index in [1.807, 2.05) is 0 Å². The second kappa shape index (κ2) is 9.15. The lowest BCUT2D eigenvalue weighted by Crippen LogP contribution is -2.35. The summed E-state index contributed by atoms with van der Waals surface area (Å²) in [5.74, 6) is -1.81. The molecule has 0 aliphatic carbocycles. The molecule has 1 aliphatic rings. The maximum Gasteiger partial charge on any atom is 0.338 e. The van der Waals surface area contributed by atoms with Gasteiger partial charge in [0.1, 0.15) is 5.82 Å². The van der Waals surface area contributed by atoms with E-state index in [9.17, 15) is 22.4 Å². The Labute approximate surface area is 168 Å². The van der Waals surface area contributed by atoms with E-state index in [0.717, 1.165) is 31.4 Å². The molecule has 0 radical (unpaired) electrons. The Morgan fingerprint density at radius 3 is 2.21 bits per heavy atom. The SMILES string of the molecule is O=C(COC(=O)c1ccc(F)cc1)Nc1ccc(S(=O)(=O)N2CCCCC2)cc1. The molecule has 29 heavy (non-hydrogen) atoms. The van der Waals surface area contributed by atoms with Gasteiger partial charge in [0.25, 0.3) is 5.91 Å². The number of piperidine rings is 1. The van der Waals surface area contributed by atoms with Gasteiger partial charge in [-0.3, -0.25) is 4.79 Å². The maximum absolute atomic E-state index is 12.9. The highest BCUT2D eigenvalue weighted by atomic mass is 32.2. The topological polar surface area (TPSA) is 92.8 Å². The van der Waals surface area contributed by atoms with Crippen LogP contribution in [0.4, 0.5) is 10.1 Å². The zero-order valence-electron chi connectivity index (χ0n) is 15.6. The molecule has 9 heteroatoms. The van der Waals surface area contributed by atoms with Crippen LogP contribution in [0.1, 0.15) is 29.6 Å². The molecule has 1 amide bonds. The van der Waals surface area contributed by atoms with Gasteiger partial charge in [-0.1, -0.05) is 6.42 Å². The van der Waals surface area contributed by atoms with E-state index in [2.05, 4.69) is 5.32 Å². The smallest absolute Gasteiger partial charge is 0.338 e. The van der Waals surface area contributed by atoms with Crippen LogP contribution in [0.15, 0.2) is 53.4 Å². The predicted molar refractivity (Wildman–Crippen MR) is 104 cm³/mol. The van der Waals surface area contributed by atoms with Crippen LogP contribution in [-0.4, -0.2) is 44.3 Å². The number of hydrogen-bond acceptors (Lipinski definition) is 5. The molecule has 7 nitrogen and oxygen atoms in total. The third kappa shape index (κ3) is 5.39. The fraction of sp³-hybridized carbons (Fsp3) is 0.300. The molecule has 0 unspecified atom stereocenters. The fourth-order valence-electron chi connectivity index (χ4n) is 2.96. The molecule has 1 heterocycles. The number of nitrogens with zero attached hydrogens (tertiary/aromatic N) is 1. The number of esters is 1. The molecule has 2 aromatic carbocycles. The van der Waals surface area contributed by atoms with Crippen LogP contribution in [0.3, 0.4) is 0 Å². The molecular formula is C20H21FN2O5S. The van der Waals surface area contributed by atoms with E-state index in [4.69, 9.17) is 4.74 Å². The number of halogens is 1. The zero-order chi connectivity index (χ0) is 20.9. The highest BCUT2D eigenvalue weighted by molar-refractivity contribution is 7.89. The minimum Gasteiger partial charge on any atom is -0.452 e. The summed E-state index contributed by atoms with van der Waals surface area (Å²) < 4.78 is 44.4. The number of ether oxygens (including phenoxy) is 1. The van der Waals surface area contributed by atoms with Crippen molar-refractivity contribution in [1.82, 2.24) is 4.31 Å². The fourth-order valence-corrected chi connectivity index (χ4v) is 4.48. The van der Waals surface area contributed by atoms with E-state index in [1.54, 1.807) is 0 Å². The lowest BCUT2D eigenvalue weighted by Gasteiger charge is -2.25. The van der Waals surface area contributed by atoms with Crippen LogP contribution in [-0.2, 0) is 19.6 Å². The monoisotopic (exact) mass is 420 g/mol. The summed E-state index contributed by atoms with van der Waals surface area (Å²) >= 11 is 0. The lowest BCUT2D eigenvalue weighted by molar-refractivity contribution is -0.119. The third-order valence-electron chi connectivity index (χ3n) is 4.51. The van der Waals surface area contributed by atoms with Crippen LogP contribution in [0.2, 0.25) is 0 Å². The molecule has 1 aliphatic heterocycles. The number of rotatable bonds is 6. The molecule has 1 N–H and O–H groups in total. The van der Waals surface area contributed by atoms with Gasteiger partial charge in [0.05, 0.1) is 10.5 Å². The Hall–Kier alpha value is -2.78. The molecule has 154 valence electrons. The Kier molecular flexibility index (Phi) is 6.60. The Bertz CT molecular complexity index is 969. The summed E-state index contributed by atoms with van der Waals surface area (Å²) in [6, 6.07) is 10.6. The largest absolute Gasteiger partial charge is 0.452 e. The first kappa shape index (κ1) is 20.9. The van der Waals surface area contributed by atoms with Gasteiger partial charge in [-0.05, 0) is 61.4 Å². The second-order valence-electron chi connectivity index (χ2n) is 6.62. The van der Waals surface area contributed by atoms with Gasteiger partial charge < -0.3 is 10.1 Å². The highest BCUT2D eigenvalue weighted by Gasteiger charge is 2.25. The molecule has 0 saturated carbocycles. The summed E-state index contributed by atoms with van der Waals surface area (Å²) in [5.41, 5.74) is 0.511. The molecule has 0 aromatic heterocycles. The summed E-state index contributed by atoms with van der Waals surface area (Å²) in [6.45, 7) is 0.504. The van der Waals surface area contributed by atoms with Crippen LogP contribution in [0.25, 0.3) is 0 Å². The normalized spacial score (nSPS) is 14.9. The van der Waals surface area contributed by atoms with Crippen molar-refractivity contribution in [3.8, 4) is 0 Å². The summed E-state index contributed by atoms with van der Waals surface area (Å²) in [4.78, 5) is 23.9. The highest BCUT2D eigenvalue weighted by Crippen LogP contribution is 2.22. The molecule has 1 fully saturated rings. The number of nitrogens with one attached hydrogen (secondary N) is 1. The van der Waals surface area contributed by atoms with Crippen molar-refractivity contribution < 1.29 is 27.1 Å². The summed E-state index contributed by atoms with van der Waals surface area (Å²) in [5, 5.41) is 2.53. The number of sulfonamides is 1. The Balaban J connectivity index is 1.54. The zero-order valence-corrected chi connectivity index (χ0v) is 16.5. The summed E-state index contributed by atoms with van der Waals surface area (Å²) in [7, 11) is -3.54. The standard InChI is InChI=1S/C20H21FN2O5S/c21-16-6-4-15(5-7-16)20(25)28-14-19(24)22-17-8-10-18(11-9-17)29(26,27)23-12-2-1-3-13-23/h4-11H,1-3,12-14H2,(H,22,24). The molecule has 0 spiro atoms. The predicted octanol–water partition coefficient (Wildman–Crippen LogP) is 2.80. The van der Waals surface area contributed by atoms with Gasteiger partial charge in [-0.2, -0.15) is 4.31 Å². The quantitative estimate of drug-likeness (QED) is 0.726. The lowest BCUT2D eigenvalue weighted by atomic mass is 10.2. The van der Waals surface area contributed by atoms with Crippen LogP contribution >= 0.6 is 0 Å². The van der Waals surface area contributed by atoms with Gasteiger partial charge in [0.2, 0.25) is 10.0 Å². The number of amides is 1. The van der Waals surface area contributed by atoms with E-state index in [1.165, 1.54) is 40.7 Å². The molecule has 0 bridgehead atoms. The average Bonchev–Trinajstić information content (AvgIpc) is 2.73. The van der Waals surface area contributed by atoms with Gasteiger partial charge in [-0.25, -0.2) is 17.6 Å². The van der Waals surface area contributed by atoms with Crippen molar-refractivity contribution in [2.75, 3.05) is 25.0 Å². The van der Waals surface area contributed by atoms with E-state index in [-0.39, 0.29) is 10.5 Å². The number of anilines is 1. The van der Waals surface area contributed by atoms with Crippen molar-refractivity contribution in [3.63, 3.8) is 0 Å². The van der Waals surface area contributed by atoms with Crippen molar-refractivity contribution in [3.05, 3.63) is 59.9 Å². The Morgan fingerprint density at radius 1 is 0.966 bits per heavy atom. The van der Waals surface area contributed by atoms with Gasteiger partial charge in [0.15, 0.2) is 6.61 Å². The van der Waals surface area contributed by atoms with Crippen molar-refractivity contribution in [2.24, 2.45) is 0 Å². The molecular weight excluding hydrogens is 399 g/mol. The minimum atomic E-state index is -3.54. The number of carbonyl (C=O) groups is 2. The van der Waals surface area contributed by atoms with Gasteiger partial charge in [-0.15, -0.1) is 0 Å². The minimum absolute atomic E-state index is 0.131. The van der Waals surface area contributed by atoms with E-state index < -0.39 is 34.3 Å². The summed E-state index contributed by atoms with van der Waals surface area (Å²) in [6.07, 6.45) is 2.73. The molecule has 3 rings (SSSR count). The molecule has 0 atom stereocenters. The molecule has 2 aromatic rings. The van der Waals surface area contributed by atoms with E-state index >= 15 is 0 Å². The average molecular weight is 420 g/mol. The number of hydrogen-bond donors (Lipinski definition) is 1. The van der Waals surface area contributed by atoms with Crippen molar-refractivity contribution >= 4 is 27.6 Å². The van der Waals surface area contributed by atoms with Crippen LogP contribution in [0.5, 0.6) is 0 Å². The van der Waals surface area contributed by atoms with E-state index in [0.29, 0.717) is 18.8 Å². The van der Waals surface area contributed by atoms with Crippen molar-refractivity contribution in [2.45, 2.75) is 24.2 Å². The molecule has 1 saturated heterocycles. The number of benzene rings is 2. The maximum atomic E-state index is 12.9. The number of carbonyl (C=O) groups excluding carboxylic acids is 2. The van der Waals surface area contributed by atoms with Crippen LogP contribution < -0.4 is 5.32 Å². The first-order valence-corrected chi connectivity index (χ1v) is 10.6. The van der Waals surface area contributed by atoms with Gasteiger partial charge >= 0.3 is 5.97 Å². The van der Waals surface area contributed by atoms with Gasteiger partial charge in [0, 0.05) is 18.8 Å². The Morgan fingerprint density at radius 2 is 1.59 bits per heavy atom. The first-order chi connectivity index (χ1) is 13.9. The van der Waals surface area contributed by atoms with Crippen molar-refractivity contribution in [1.29, 1.82) is 0 Å².